The fourth-order valence-electron chi connectivity index (χ4n) is 3.11. The molecule has 2 aliphatic carbocycles. The Labute approximate surface area is 121 Å². The summed E-state index contributed by atoms with van der Waals surface area (Å²) < 4.78 is 38.1. The smallest absolute Gasteiger partial charge is 0.406 e. The summed E-state index contributed by atoms with van der Waals surface area (Å²) in [6.07, 6.45) is -1.84. The molecule has 0 spiro atoms. The van der Waals surface area contributed by atoms with E-state index in [0.717, 1.165) is 17.7 Å². The number of rotatable bonds is 5. The molecule has 21 heavy (non-hydrogen) atoms. The Kier molecular flexibility index (Phi) is 4.49. The van der Waals surface area contributed by atoms with Crippen LogP contribution in [0.3, 0.4) is 0 Å². The van der Waals surface area contributed by atoms with Crippen LogP contribution >= 0.6 is 0 Å². The van der Waals surface area contributed by atoms with Crippen molar-refractivity contribution in [2.75, 3.05) is 6.54 Å². The van der Waals surface area contributed by atoms with Gasteiger partial charge in [-0.2, -0.15) is 13.2 Å². The van der Waals surface area contributed by atoms with Gasteiger partial charge in [-0.15, -0.1) is 0 Å². The van der Waals surface area contributed by atoms with Gasteiger partial charge < -0.3 is 10.0 Å². The first-order chi connectivity index (χ1) is 9.69. The molecule has 2 rings (SSSR count). The molecular weight excluding hydrogens is 287 g/mol. The van der Waals surface area contributed by atoms with Crippen LogP contribution in [0.15, 0.2) is 0 Å². The molecule has 0 aliphatic heterocycles. The molecule has 0 aromatic rings. The zero-order valence-electron chi connectivity index (χ0n) is 11.9. The van der Waals surface area contributed by atoms with E-state index in [1.807, 2.05) is 0 Å². The number of hydrogen-bond donors (Lipinski definition) is 1. The van der Waals surface area contributed by atoms with E-state index in [1.54, 1.807) is 6.92 Å². The highest BCUT2D eigenvalue weighted by molar-refractivity contribution is 5.81. The summed E-state index contributed by atoms with van der Waals surface area (Å²) in [6.45, 7) is 0.419. The number of alkyl halides is 3. The topological polar surface area (TPSA) is 57.6 Å². The van der Waals surface area contributed by atoms with Crippen LogP contribution in [0.5, 0.6) is 0 Å². The normalized spacial score (nSPS) is 27.4. The summed E-state index contributed by atoms with van der Waals surface area (Å²) >= 11 is 0. The second-order valence-electron chi connectivity index (χ2n) is 6.20. The largest absolute Gasteiger partial charge is 0.481 e. The first-order valence-corrected chi connectivity index (χ1v) is 7.29. The number of hydrogen-bond acceptors (Lipinski definition) is 2. The fraction of sp³-hybridized carbons (Fsp3) is 0.857. The first kappa shape index (κ1) is 16.1. The zero-order valence-corrected chi connectivity index (χ0v) is 11.9. The summed E-state index contributed by atoms with van der Waals surface area (Å²) in [7, 11) is 0. The predicted octanol–water partition coefficient (Wildman–Crippen LogP) is 2.68. The molecule has 7 heteroatoms. The molecule has 0 bridgehead atoms. The molecule has 0 saturated heterocycles. The van der Waals surface area contributed by atoms with E-state index < -0.39 is 42.5 Å². The minimum Gasteiger partial charge on any atom is -0.481 e. The summed E-state index contributed by atoms with van der Waals surface area (Å²) in [5.41, 5.74) is 0. The van der Waals surface area contributed by atoms with Crippen molar-refractivity contribution in [1.29, 1.82) is 0 Å². The molecule has 4 nitrogen and oxygen atoms in total. The lowest BCUT2D eigenvalue weighted by Gasteiger charge is -2.32. The molecule has 0 radical (unpaired) electrons. The van der Waals surface area contributed by atoms with Crippen LogP contribution in [0.25, 0.3) is 0 Å². The molecule has 0 heterocycles. The number of aliphatic carboxylic acids is 1. The third kappa shape index (κ3) is 4.11. The van der Waals surface area contributed by atoms with Crippen LogP contribution in [0, 0.1) is 17.8 Å². The maximum Gasteiger partial charge on any atom is 0.406 e. The maximum absolute atomic E-state index is 12.7. The first-order valence-electron chi connectivity index (χ1n) is 7.29. The van der Waals surface area contributed by atoms with Crippen molar-refractivity contribution in [2.24, 2.45) is 17.8 Å². The molecule has 120 valence electrons. The Morgan fingerprint density at radius 2 is 1.76 bits per heavy atom. The van der Waals surface area contributed by atoms with E-state index in [2.05, 4.69) is 0 Å². The van der Waals surface area contributed by atoms with E-state index in [-0.39, 0.29) is 12.3 Å². The van der Waals surface area contributed by atoms with Gasteiger partial charge in [0.2, 0.25) is 5.91 Å². The van der Waals surface area contributed by atoms with Crippen molar-refractivity contribution in [2.45, 2.75) is 51.2 Å². The molecule has 1 amide bonds. The quantitative estimate of drug-likeness (QED) is 0.849. The minimum absolute atomic E-state index is 0.146. The van der Waals surface area contributed by atoms with E-state index in [9.17, 15) is 22.8 Å². The van der Waals surface area contributed by atoms with E-state index in [1.165, 1.54) is 0 Å². The lowest BCUT2D eigenvalue weighted by Crippen LogP contribution is -2.47. The molecule has 3 atom stereocenters. The van der Waals surface area contributed by atoms with Crippen LogP contribution in [0.2, 0.25) is 0 Å². The van der Waals surface area contributed by atoms with Gasteiger partial charge in [0.15, 0.2) is 0 Å². The summed E-state index contributed by atoms with van der Waals surface area (Å²) in [5.74, 6) is -2.55. The van der Waals surface area contributed by atoms with E-state index >= 15 is 0 Å². The second kappa shape index (κ2) is 5.85. The van der Waals surface area contributed by atoms with Gasteiger partial charge in [-0.1, -0.05) is 0 Å². The average Bonchev–Trinajstić information content (AvgIpc) is 3.10. The molecular formula is C14H20F3NO3. The molecule has 2 fully saturated rings. The Bertz CT molecular complexity index is 420. The fourth-order valence-corrected chi connectivity index (χ4v) is 3.11. The SMILES string of the molecule is CC(C1CC1)N(CC(F)(F)F)C(=O)C1CCC(C(=O)O)C1. The van der Waals surface area contributed by atoms with Crippen molar-refractivity contribution >= 4 is 11.9 Å². The summed E-state index contributed by atoms with van der Waals surface area (Å²) in [6, 6.07) is -0.428. The number of carbonyl (C=O) groups excluding carboxylic acids is 1. The zero-order chi connectivity index (χ0) is 15.8. The number of amides is 1. The van der Waals surface area contributed by atoms with Gasteiger partial charge in [0.1, 0.15) is 6.54 Å². The van der Waals surface area contributed by atoms with Gasteiger partial charge in [0.05, 0.1) is 5.92 Å². The monoisotopic (exact) mass is 307 g/mol. The van der Waals surface area contributed by atoms with Gasteiger partial charge in [-0.3, -0.25) is 9.59 Å². The van der Waals surface area contributed by atoms with Crippen molar-refractivity contribution < 1.29 is 27.9 Å². The molecule has 3 unspecified atom stereocenters. The van der Waals surface area contributed by atoms with Gasteiger partial charge in [-0.05, 0) is 44.9 Å². The number of carbonyl (C=O) groups is 2. The van der Waals surface area contributed by atoms with Crippen LogP contribution < -0.4 is 0 Å². The molecule has 0 aromatic heterocycles. The number of nitrogens with zero attached hydrogens (tertiary/aromatic N) is 1. The lowest BCUT2D eigenvalue weighted by molar-refractivity contribution is -0.168. The molecule has 2 aliphatic rings. The van der Waals surface area contributed by atoms with Crippen molar-refractivity contribution in [3.8, 4) is 0 Å². The molecule has 1 N–H and O–H groups in total. The number of carboxylic acids is 1. The highest BCUT2D eigenvalue weighted by Crippen LogP contribution is 2.39. The molecule has 0 aromatic carbocycles. The summed E-state index contributed by atoms with van der Waals surface area (Å²) in [4.78, 5) is 24.2. The maximum atomic E-state index is 12.7. The number of carboxylic acid groups (broad SMARTS) is 1. The predicted molar refractivity (Wildman–Crippen MR) is 68.4 cm³/mol. The van der Waals surface area contributed by atoms with Gasteiger partial charge in [0.25, 0.3) is 0 Å². The second-order valence-corrected chi connectivity index (χ2v) is 6.20. The number of halogens is 3. The Morgan fingerprint density at radius 1 is 1.19 bits per heavy atom. The van der Waals surface area contributed by atoms with Crippen LogP contribution in [0.1, 0.15) is 39.0 Å². The van der Waals surface area contributed by atoms with E-state index in [0.29, 0.717) is 12.8 Å². The van der Waals surface area contributed by atoms with Crippen molar-refractivity contribution in [3.05, 3.63) is 0 Å². The van der Waals surface area contributed by atoms with E-state index in [4.69, 9.17) is 5.11 Å². The Balaban J connectivity index is 2.05. The standard InChI is InChI=1S/C14H20F3NO3/c1-8(9-2-3-9)18(7-14(15,16)17)12(19)10-4-5-11(6-10)13(20)21/h8-11H,2-7H2,1H3,(H,20,21). The van der Waals surface area contributed by atoms with Gasteiger partial charge >= 0.3 is 12.1 Å². The minimum atomic E-state index is -4.43. The van der Waals surface area contributed by atoms with Crippen molar-refractivity contribution in [3.63, 3.8) is 0 Å². The average molecular weight is 307 g/mol. The van der Waals surface area contributed by atoms with Crippen molar-refractivity contribution in [1.82, 2.24) is 4.90 Å². The lowest BCUT2D eigenvalue weighted by atomic mass is 10.0. The van der Waals surface area contributed by atoms with Crippen LogP contribution in [-0.4, -0.2) is 40.6 Å². The van der Waals surface area contributed by atoms with Gasteiger partial charge in [-0.25, -0.2) is 0 Å². The molecule has 2 saturated carbocycles. The highest BCUT2D eigenvalue weighted by Gasteiger charge is 2.44. The Hall–Kier alpha value is -1.27. The van der Waals surface area contributed by atoms with Gasteiger partial charge in [0, 0.05) is 12.0 Å². The Morgan fingerprint density at radius 3 is 2.19 bits per heavy atom. The highest BCUT2D eigenvalue weighted by atomic mass is 19.4. The summed E-state index contributed by atoms with van der Waals surface area (Å²) in [5, 5.41) is 8.94. The van der Waals surface area contributed by atoms with Crippen LogP contribution in [-0.2, 0) is 9.59 Å². The third-order valence-corrected chi connectivity index (χ3v) is 4.56. The van der Waals surface area contributed by atoms with Crippen LogP contribution in [0.4, 0.5) is 13.2 Å². The third-order valence-electron chi connectivity index (χ3n) is 4.56.